The first-order valence-electron chi connectivity index (χ1n) is 16.9. The lowest BCUT2D eigenvalue weighted by atomic mass is 10.3. The Labute approximate surface area is 306 Å². The van der Waals surface area contributed by atoms with Gasteiger partial charge in [-0.25, -0.2) is 0 Å². The first kappa shape index (κ1) is 44.8. The zero-order valence-electron chi connectivity index (χ0n) is 33.3. The number of aromatic hydroxyl groups is 2. The Bertz CT molecular complexity index is 1280. The van der Waals surface area contributed by atoms with Gasteiger partial charge in [0.2, 0.25) is 16.6 Å². The van der Waals surface area contributed by atoms with Crippen molar-refractivity contribution in [1.82, 2.24) is 0 Å². The van der Waals surface area contributed by atoms with Crippen LogP contribution in [0.5, 0.6) is 11.5 Å². The van der Waals surface area contributed by atoms with E-state index >= 15 is 0 Å². The molecule has 280 valence electrons. The molecule has 0 saturated carbocycles. The Morgan fingerprint density at radius 1 is 0.286 bits per heavy atom. The van der Waals surface area contributed by atoms with E-state index in [1.807, 2.05) is 24.3 Å². The number of benzene rings is 2. The molecule has 0 aliphatic carbocycles. The molecule has 2 aromatic carbocycles. The Kier molecular flexibility index (Phi) is 14.2. The van der Waals surface area contributed by atoms with Gasteiger partial charge in [-0.15, -0.1) is 0 Å². The van der Waals surface area contributed by atoms with E-state index in [1.165, 1.54) is 0 Å². The second-order valence-electron chi connectivity index (χ2n) is 16.7. The average Bonchev–Trinajstić information content (AvgIpc) is 2.78. The van der Waals surface area contributed by atoms with Crippen LogP contribution in [0.2, 0.25) is 118 Å². The van der Waals surface area contributed by atoms with E-state index in [0.717, 1.165) is 10.4 Å². The highest BCUT2D eigenvalue weighted by atomic mass is 28.5. The monoisotopic (exact) mass is 836 g/mol. The van der Waals surface area contributed by atoms with Gasteiger partial charge in [-0.2, -0.15) is 0 Å². The highest BCUT2D eigenvalue weighted by Gasteiger charge is 2.50. The van der Waals surface area contributed by atoms with Gasteiger partial charge < -0.3 is 43.1 Å². The van der Waals surface area contributed by atoms with Gasteiger partial charge in [0.25, 0.3) is 0 Å². The first-order valence-corrected chi connectivity index (χ1v) is 42.4. The standard InChI is InChI=1S/C30H64O10Si9/c1-41(2,29-23-19-27(31)20-24-29)33-43(5,6)35-45(9,10)37-47(13,14)39-49(17,18)40-48(15,16)38-46(11,12)36-44(7,8)34-42(3,4)30-25-21-28(32)22-26-30/h19-26,31-32H,1-18H3. The van der Waals surface area contributed by atoms with E-state index in [4.69, 9.17) is 32.9 Å². The minimum absolute atomic E-state index is 0.242. The Balaban J connectivity index is 2.05. The molecule has 0 spiro atoms. The molecule has 0 saturated heterocycles. The Morgan fingerprint density at radius 2 is 0.449 bits per heavy atom. The van der Waals surface area contributed by atoms with E-state index < -0.39 is 76.6 Å². The van der Waals surface area contributed by atoms with E-state index in [0.29, 0.717) is 0 Å². The summed E-state index contributed by atoms with van der Waals surface area (Å²) in [5, 5.41) is 21.7. The maximum absolute atomic E-state index is 9.74. The van der Waals surface area contributed by atoms with Crippen molar-refractivity contribution in [3.8, 4) is 11.5 Å². The highest BCUT2D eigenvalue weighted by molar-refractivity contribution is 6.95. The summed E-state index contributed by atoms with van der Waals surface area (Å²) in [6.07, 6.45) is 0. The van der Waals surface area contributed by atoms with Crippen molar-refractivity contribution in [2.24, 2.45) is 0 Å². The second kappa shape index (κ2) is 15.6. The number of phenolic OH excluding ortho intramolecular Hbond substituents is 2. The van der Waals surface area contributed by atoms with Crippen LogP contribution in [0.1, 0.15) is 0 Å². The van der Waals surface area contributed by atoms with Crippen LogP contribution in [0.15, 0.2) is 48.5 Å². The molecule has 10 nitrogen and oxygen atoms in total. The average molecular weight is 838 g/mol. The van der Waals surface area contributed by atoms with Gasteiger partial charge in [0.1, 0.15) is 11.5 Å². The molecular weight excluding hydrogens is 773 g/mol. The summed E-state index contributed by atoms with van der Waals surface area (Å²) in [5.41, 5.74) is 0. The van der Waals surface area contributed by atoms with E-state index in [1.54, 1.807) is 24.3 Å². The fourth-order valence-corrected chi connectivity index (χ4v) is 51.7. The van der Waals surface area contributed by atoms with Gasteiger partial charge in [-0.1, -0.05) is 24.3 Å². The van der Waals surface area contributed by atoms with Crippen molar-refractivity contribution in [1.29, 1.82) is 0 Å². The summed E-state index contributed by atoms with van der Waals surface area (Å²) in [4.78, 5) is 0. The number of hydrogen-bond donors (Lipinski definition) is 2. The number of rotatable bonds is 18. The topological polar surface area (TPSA) is 114 Å². The Hall–Kier alpha value is -0.328. The maximum Gasteiger partial charge on any atom is 0.314 e. The van der Waals surface area contributed by atoms with E-state index in [9.17, 15) is 10.2 Å². The van der Waals surface area contributed by atoms with Crippen molar-refractivity contribution in [2.75, 3.05) is 0 Å². The van der Waals surface area contributed by atoms with Crippen molar-refractivity contribution in [2.45, 2.75) is 118 Å². The third kappa shape index (κ3) is 15.7. The molecule has 2 N–H and O–H groups in total. The lowest BCUT2D eigenvalue weighted by Crippen LogP contribution is -2.62. The third-order valence-electron chi connectivity index (χ3n) is 7.08. The first-order chi connectivity index (χ1) is 21.7. The molecule has 49 heavy (non-hydrogen) atoms. The van der Waals surface area contributed by atoms with Crippen LogP contribution in [-0.2, 0) is 32.9 Å². The maximum atomic E-state index is 9.74. The quantitative estimate of drug-likeness (QED) is 0.145. The third-order valence-corrected chi connectivity index (χ3v) is 42.1. The van der Waals surface area contributed by atoms with Crippen LogP contribution < -0.4 is 10.4 Å². The summed E-state index contributed by atoms with van der Waals surface area (Å²) in [5.74, 6) is 0.484. The van der Waals surface area contributed by atoms with Gasteiger partial charge in [0.05, 0.1) is 0 Å². The fraction of sp³-hybridized carbons (Fsp3) is 0.600. The molecule has 0 aliphatic heterocycles. The smallest absolute Gasteiger partial charge is 0.314 e. The van der Waals surface area contributed by atoms with Crippen LogP contribution in [0.25, 0.3) is 0 Å². The Morgan fingerprint density at radius 3 is 0.633 bits per heavy atom. The summed E-state index contributed by atoms with van der Waals surface area (Å²) < 4.78 is 54.1. The lowest BCUT2D eigenvalue weighted by molar-refractivity contribution is 0.261. The van der Waals surface area contributed by atoms with Gasteiger partial charge in [-0.3, -0.25) is 0 Å². The summed E-state index contributed by atoms with van der Waals surface area (Å²) in [6, 6.07) is 14.6. The minimum atomic E-state index is -2.73. The molecule has 0 radical (unpaired) electrons. The second-order valence-corrected chi connectivity index (χ2v) is 50.1. The molecule has 19 heteroatoms. The lowest BCUT2D eigenvalue weighted by Gasteiger charge is -2.44. The highest BCUT2D eigenvalue weighted by Crippen LogP contribution is 2.30. The molecule has 0 bridgehead atoms. The van der Waals surface area contributed by atoms with Gasteiger partial charge >= 0.3 is 59.9 Å². The molecule has 0 fully saturated rings. The normalized spacial score (nSPS) is 14.7. The molecule has 0 heterocycles. The fourth-order valence-electron chi connectivity index (χ4n) is 6.77. The number of phenols is 2. The molecule has 0 atom stereocenters. The van der Waals surface area contributed by atoms with Crippen LogP contribution >= 0.6 is 0 Å². The van der Waals surface area contributed by atoms with Crippen molar-refractivity contribution < 1.29 is 43.1 Å². The van der Waals surface area contributed by atoms with Crippen LogP contribution in [0.3, 0.4) is 0 Å². The van der Waals surface area contributed by atoms with E-state index in [-0.39, 0.29) is 11.5 Å². The van der Waals surface area contributed by atoms with E-state index in [2.05, 4.69) is 118 Å². The molecule has 0 unspecified atom stereocenters. The van der Waals surface area contributed by atoms with Crippen LogP contribution in [0.4, 0.5) is 0 Å². The van der Waals surface area contributed by atoms with Crippen molar-refractivity contribution >= 4 is 86.9 Å². The van der Waals surface area contributed by atoms with Crippen molar-refractivity contribution in [3.05, 3.63) is 48.5 Å². The molecule has 0 aliphatic rings. The van der Waals surface area contributed by atoms with Crippen LogP contribution in [-0.4, -0.2) is 86.8 Å². The van der Waals surface area contributed by atoms with Crippen molar-refractivity contribution in [3.63, 3.8) is 0 Å². The van der Waals surface area contributed by atoms with Crippen LogP contribution in [0, 0.1) is 0 Å². The number of hydrogen-bond acceptors (Lipinski definition) is 10. The SMILES string of the molecule is C[Si](C)(O[Si](C)(C)O[Si](C)(C)O[Si](C)(C)O[Si](C)(C)c1ccc(O)cc1)O[Si](C)(C)O[Si](C)(C)O[Si](C)(C)O[Si](C)(C)c1ccc(O)cc1. The zero-order chi connectivity index (χ0) is 38.1. The van der Waals surface area contributed by atoms with Gasteiger partial charge in [0.15, 0.2) is 0 Å². The minimum Gasteiger partial charge on any atom is -0.508 e. The summed E-state index contributed by atoms with van der Waals surface area (Å²) >= 11 is 0. The molecule has 0 amide bonds. The molecule has 0 aromatic heterocycles. The summed E-state index contributed by atoms with van der Waals surface area (Å²) in [6.45, 7) is 37.4. The largest absolute Gasteiger partial charge is 0.508 e. The molecular formula is C30H64O10Si9. The summed E-state index contributed by atoms with van der Waals surface area (Å²) in [7, 11) is -23.3. The molecule has 2 rings (SSSR count). The predicted molar refractivity (Wildman–Crippen MR) is 221 cm³/mol. The zero-order valence-corrected chi connectivity index (χ0v) is 42.3. The predicted octanol–water partition coefficient (Wildman–Crippen LogP) is 7.67. The van der Waals surface area contributed by atoms with Gasteiger partial charge in [-0.05, 0) is 152 Å². The van der Waals surface area contributed by atoms with Gasteiger partial charge in [0, 0.05) is 0 Å². The molecule has 2 aromatic rings.